The molecule has 0 aliphatic heterocycles. The van der Waals surface area contributed by atoms with E-state index < -0.39 is 0 Å². The van der Waals surface area contributed by atoms with E-state index in [1.165, 1.54) is 0 Å². The van der Waals surface area contributed by atoms with Crippen molar-refractivity contribution in [2.75, 3.05) is 5.73 Å². The molecule has 0 bridgehead atoms. The largest absolute Gasteiger partial charge is 0.490 e. The zero-order valence-corrected chi connectivity index (χ0v) is 10.2. The molecule has 0 aliphatic rings. The smallest absolute Gasteiger partial charge is 0.123 e. The lowest BCUT2D eigenvalue weighted by molar-refractivity contribution is 0.191. The van der Waals surface area contributed by atoms with Crippen LogP contribution >= 0.6 is 0 Å². The van der Waals surface area contributed by atoms with Gasteiger partial charge in [-0.25, -0.2) is 0 Å². The van der Waals surface area contributed by atoms with Gasteiger partial charge in [0.05, 0.1) is 6.10 Å². The summed E-state index contributed by atoms with van der Waals surface area (Å²) >= 11 is 0. The van der Waals surface area contributed by atoms with Gasteiger partial charge in [-0.3, -0.25) is 0 Å². The second-order valence-electron chi connectivity index (χ2n) is 3.92. The minimum absolute atomic E-state index is 0.284. The average Bonchev–Trinajstić information content (AvgIpc) is 2.29. The minimum atomic E-state index is 0.284. The Morgan fingerprint density at radius 2 is 2.06 bits per heavy atom. The van der Waals surface area contributed by atoms with E-state index in [4.69, 9.17) is 10.5 Å². The van der Waals surface area contributed by atoms with Crippen molar-refractivity contribution < 1.29 is 4.74 Å². The molecule has 0 fully saturated rings. The monoisotopic (exact) mass is 219 g/mol. The summed E-state index contributed by atoms with van der Waals surface area (Å²) in [6.45, 7) is 8.02. The summed E-state index contributed by atoms with van der Waals surface area (Å²) in [5, 5.41) is 0. The van der Waals surface area contributed by atoms with Gasteiger partial charge in [0.1, 0.15) is 5.75 Å². The number of rotatable bonds is 6. The van der Waals surface area contributed by atoms with Gasteiger partial charge >= 0.3 is 0 Å². The van der Waals surface area contributed by atoms with E-state index in [0.717, 1.165) is 36.3 Å². The second-order valence-corrected chi connectivity index (χ2v) is 3.92. The molecule has 16 heavy (non-hydrogen) atoms. The molecular weight excluding hydrogens is 198 g/mol. The predicted molar refractivity (Wildman–Crippen MR) is 69.8 cm³/mol. The molecule has 1 rings (SSSR count). The highest BCUT2D eigenvalue weighted by molar-refractivity contribution is 5.48. The molecule has 0 amide bonds. The maximum atomic E-state index is 5.95. The van der Waals surface area contributed by atoms with Gasteiger partial charge in [-0.05, 0) is 43.0 Å². The first kappa shape index (κ1) is 12.6. The molecule has 0 aromatic heterocycles. The van der Waals surface area contributed by atoms with E-state index in [2.05, 4.69) is 20.4 Å². The van der Waals surface area contributed by atoms with E-state index in [9.17, 15) is 0 Å². The fraction of sp³-hybridized carbons (Fsp3) is 0.429. The van der Waals surface area contributed by atoms with Gasteiger partial charge in [-0.15, -0.1) is 6.58 Å². The van der Waals surface area contributed by atoms with Crippen molar-refractivity contribution in [3.63, 3.8) is 0 Å². The first-order valence-corrected chi connectivity index (χ1v) is 5.87. The van der Waals surface area contributed by atoms with E-state index in [1.807, 2.05) is 24.3 Å². The minimum Gasteiger partial charge on any atom is -0.490 e. The van der Waals surface area contributed by atoms with Crippen molar-refractivity contribution in [2.45, 2.75) is 39.2 Å². The third-order valence-electron chi connectivity index (χ3n) is 2.65. The fourth-order valence-corrected chi connectivity index (χ4v) is 1.66. The SMILES string of the molecule is C=CCc1cc(N)ccc1OC(CC)CC. The second kappa shape index (κ2) is 6.21. The lowest BCUT2D eigenvalue weighted by atomic mass is 10.1. The summed E-state index contributed by atoms with van der Waals surface area (Å²) in [4.78, 5) is 0. The van der Waals surface area contributed by atoms with Gasteiger partial charge in [0.2, 0.25) is 0 Å². The Bertz CT molecular complexity index is 343. The summed E-state index contributed by atoms with van der Waals surface area (Å²) in [7, 11) is 0. The summed E-state index contributed by atoms with van der Waals surface area (Å²) < 4.78 is 5.95. The molecule has 0 aliphatic carbocycles. The third-order valence-corrected chi connectivity index (χ3v) is 2.65. The van der Waals surface area contributed by atoms with Crippen LogP contribution in [0.1, 0.15) is 32.3 Å². The molecule has 2 N–H and O–H groups in total. The van der Waals surface area contributed by atoms with E-state index in [1.54, 1.807) is 0 Å². The summed E-state index contributed by atoms with van der Waals surface area (Å²) in [6, 6.07) is 5.79. The van der Waals surface area contributed by atoms with E-state index in [0.29, 0.717) is 0 Å². The molecule has 1 aromatic rings. The molecule has 88 valence electrons. The van der Waals surface area contributed by atoms with Crippen LogP contribution in [0.5, 0.6) is 5.75 Å². The molecule has 1 aromatic carbocycles. The first-order valence-electron chi connectivity index (χ1n) is 5.87. The Labute approximate surface area is 98.1 Å². The van der Waals surface area contributed by atoms with Crippen LogP contribution < -0.4 is 10.5 Å². The number of benzene rings is 1. The van der Waals surface area contributed by atoms with Gasteiger partial charge in [0.25, 0.3) is 0 Å². The highest BCUT2D eigenvalue weighted by Crippen LogP contribution is 2.24. The summed E-state index contributed by atoms with van der Waals surface area (Å²) in [6.07, 6.45) is 4.99. The van der Waals surface area contributed by atoms with Crippen molar-refractivity contribution >= 4 is 5.69 Å². The third kappa shape index (κ3) is 3.30. The van der Waals surface area contributed by atoms with Crippen molar-refractivity contribution in [3.8, 4) is 5.75 Å². The zero-order valence-electron chi connectivity index (χ0n) is 10.2. The van der Waals surface area contributed by atoms with Crippen LogP contribution in [-0.4, -0.2) is 6.10 Å². The predicted octanol–water partition coefficient (Wildman–Crippen LogP) is 3.56. The number of ether oxygens (including phenoxy) is 1. The van der Waals surface area contributed by atoms with Crippen molar-refractivity contribution in [3.05, 3.63) is 36.4 Å². The van der Waals surface area contributed by atoms with Crippen LogP contribution in [-0.2, 0) is 6.42 Å². The Morgan fingerprint density at radius 1 is 1.38 bits per heavy atom. The number of allylic oxidation sites excluding steroid dienone is 1. The molecule has 0 radical (unpaired) electrons. The van der Waals surface area contributed by atoms with Crippen LogP contribution in [0.3, 0.4) is 0 Å². The fourth-order valence-electron chi connectivity index (χ4n) is 1.66. The average molecular weight is 219 g/mol. The standard InChI is InChI=1S/C14H21NO/c1-4-7-11-10-12(15)8-9-14(11)16-13(5-2)6-3/h4,8-10,13H,1,5-7,15H2,2-3H3. The number of hydrogen-bond donors (Lipinski definition) is 1. The highest BCUT2D eigenvalue weighted by Gasteiger charge is 2.08. The number of hydrogen-bond acceptors (Lipinski definition) is 2. The topological polar surface area (TPSA) is 35.2 Å². The summed E-state index contributed by atoms with van der Waals surface area (Å²) in [5.74, 6) is 0.933. The van der Waals surface area contributed by atoms with Crippen LogP contribution in [0.15, 0.2) is 30.9 Å². The van der Waals surface area contributed by atoms with Crippen LogP contribution in [0.4, 0.5) is 5.69 Å². The van der Waals surface area contributed by atoms with Gasteiger partial charge in [0.15, 0.2) is 0 Å². The molecule has 2 nitrogen and oxygen atoms in total. The lowest BCUT2D eigenvalue weighted by Crippen LogP contribution is -2.14. The molecule has 2 heteroatoms. The zero-order chi connectivity index (χ0) is 12.0. The van der Waals surface area contributed by atoms with Crippen LogP contribution in [0.25, 0.3) is 0 Å². The number of anilines is 1. The lowest BCUT2D eigenvalue weighted by Gasteiger charge is -2.18. The Morgan fingerprint density at radius 3 is 2.62 bits per heavy atom. The summed E-state index contributed by atoms with van der Waals surface area (Å²) in [5.41, 5.74) is 7.65. The van der Waals surface area contributed by atoms with Gasteiger partial charge in [-0.2, -0.15) is 0 Å². The Balaban J connectivity index is 2.88. The number of nitrogens with two attached hydrogens (primary N) is 1. The molecule has 0 unspecified atom stereocenters. The van der Waals surface area contributed by atoms with Gasteiger partial charge < -0.3 is 10.5 Å². The molecule has 0 saturated heterocycles. The molecule has 0 atom stereocenters. The Kier molecular flexibility index (Phi) is 4.90. The number of nitrogen functional groups attached to an aromatic ring is 1. The molecule has 0 saturated carbocycles. The highest BCUT2D eigenvalue weighted by atomic mass is 16.5. The first-order chi connectivity index (χ1) is 7.71. The van der Waals surface area contributed by atoms with Crippen molar-refractivity contribution in [1.82, 2.24) is 0 Å². The van der Waals surface area contributed by atoms with E-state index in [-0.39, 0.29) is 6.10 Å². The molecule has 0 heterocycles. The normalized spacial score (nSPS) is 10.4. The van der Waals surface area contributed by atoms with Crippen LogP contribution in [0, 0.1) is 0 Å². The quantitative estimate of drug-likeness (QED) is 0.586. The van der Waals surface area contributed by atoms with Gasteiger partial charge in [-0.1, -0.05) is 19.9 Å². The molecule has 0 spiro atoms. The maximum Gasteiger partial charge on any atom is 0.123 e. The van der Waals surface area contributed by atoms with Crippen LogP contribution in [0.2, 0.25) is 0 Å². The molecular formula is C14H21NO. The van der Waals surface area contributed by atoms with Gasteiger partial charge in [0, 0.05) is 5.69 Å². The van der Waals surface area contributed by atoms with Crippen molar-refractivity contribution in [1.29, 1.82) is 0 Å². The Hall–Kier alpha value is -1.44. The maximum absolute atomic E-state index is 5.95. The van der Waals surface area contributed by atoms with E-state index >= 15 is 0 Å². The van der Waals surface area contributed by atoms with Crippen molar-refractivity contribution in [2.24, 2.45) is 0 Å².